The number of esters is 4. The van der Waals surface area contributed by atoms with Crippen LogP contribution in [0.1, 0.15) is 305 Å². The molecule has 0 bridgehead atoms. The summed E-state index contributed by atoms with van der Waals surface area (Å²) in [4.78, 5) is 66.0. The Hall–Kier alpha value is -2.89. The van der Waals surface area contributed by atoms with Crippen molar-refractivity contribution in [3.8, 4) is 0 Å². The van der Waals surface area contributed by atoms with Gasteiger partial charge in [0.2, 0.25) is 0 Å². The Bertz CT molecular complexity index is 1180. The Morgan fingerprint density at radius 2 is 0.622 bits per heavy atom. The van der Waals surface area contributed by atoms with Crippen molar-refractivity contribution in [2.24, 2.45) is 5.92 Å². The molecule has 0 saturated carbocycles. The first kappa shape index (κ1) is 71.1. The van der Waals surface area contributed by atoms with Crippen LogP contribution in [0.5, 0.6) is 0 Å². The van der Waals surface area contributed by atoms with E-state index < -0.39 is 12.1 Å². The van der Waals surface area contributed by atoms with Crippen LogP contribution < -0.4 is 0 Å². The van der Waals surface area contributed by atoms with Gasteiger partial charge >= 0.3 is 30.0 Å². The summed E-state index contributed by atoms with van der Waals surface area (Å²) in [5.74, 6) is -1.53. The molecule has 0 N–H and O–H groups in total. The van der Waals surface area contributed by atoms with Crippen LogP contribution in [-0.4, -0.2) is 93.2 Å². The average Bonchev–Trinajstić information content (AvgIpc) is 3.39. The predicted octanol–water partition coefficient (Wildman–Crippen LogP) is 17.1. The summed E-state index contributed by atoms with van der Waals surface area (Å²) in [6.07, 6.45) is 40.3. The minimum Gasteiger partial charge on any atom is -0.465 e. The number of carbonyl (C=O) groups excluding carboxylic acids is 5. The molecule has 0 aliphatic heterocycles. The molecule has 436 valence electrons. The minimum atomic E-state index is -0.808. The van der Waals surface area contributed by atoms with Crippen molar-refractivity contribution >= 4 is 30.0 Å². The topological polar surface area (TPSA) is 144 Å². The first-order valence-corrected chi connectivity index (χ1v) is 31.3. The van der Waals surface area contributed by atoms with E-state index in [1.54, 1.807) is 0 Å². The van der Waals surface area contributed by atoms with Crippen LogP contribution >= 0.6 is 0 Å². The van der Waals surface area contributed by atoms with E-state index in [4.69, 9.17) is 28.4 Å². The number of hydrogen-bond donors (Lipinski definition) is 0. The van der Waals surface area contributed by atoms with Gasteiger partial charge in [0.1, 0.15) is 32.0 Å². The van der Waals surface area contributed by atoms with Crippen molar-refractivity contribution in [1.29, 1.82) is 0 Å². The van der Waals surface area contributed by atoms with E-state index in [9.17, 15) is 24.0 Å². The van der Waals surface area contributed by atoms with Crippen molar-refractivity contribution < 1.29 is 52.4 Å². The molecular formula is C62H117NO11. The molecule has 0 aromatic rings. The smallest absolute Gasteiger partial charge is 0.465 e. The van der Waals surface area contributed by atoms with Gasteiger partial charge in [-0.2, -0.15) is 0 Å². The number of carbonyl (C=O) groups is 5. The SMILES string of the molecule is CCCCCCCCC(CCCCCCCC)OC(=O)CCCCCCC(=O)OCC(COC(=O)CCCCCCC(=O)OC(CCCCCCCC)CCCCCCCC)COC(=O)OCCCN(CC)CC. The van der Waals surface area contributed by atoms with Crippen LogP contribution in [0.25, 0.3) is 0 Å². The van der Waals surface area contributed by atoms with Crippen molar-refractivity contribution in [2.75, 3.05) is 46.1 Å². The normalized spacial score (nSPS) is 11.5. The van der Waals surface area contributed by atoms with Gasteiger partial charge in [0, 0.05) is 32.2 Å². The van der Waals surface area contributed by atoms with Crippen LogP contribution in [0, 0.1) is 5.92 Å². The van der Waals surface area contributed by atoms with Gasteiger partial charge in [-0.15, -0.1) is 0 Å². The van der Waals surface area contributed by atoms with Crippen molar-refractivity contribution in [2.45, 2.75) is 317 Å². The van der Waals surface area contributed by atoms with Crippen molar-refractivity contribution in [3.63, 3.8) is 0 Å². The second-order valence-corrected chi connectivity index (χ2v) is 21.3. The fraction of sp³-hybridized carbons (Fsp3) is 0.919. The molecule has 0 fully saturated rings. The van der Waals surface area contributed by atoms with Crippen LogP contribution in [0.2, 0.25) is 0 Å². The van der Waals surface area contributed by atoms with Gasteiger partial charge in [0.05, 0.1) is 12.5 Å². The molecule has 0 aromatic carbocycles. The van der Waals surface area contributed by atoms with Crippen LogP contribution in [0.3, 0.4) is 0 Å². The highest BCUT2D eigenvalue weighted by Crippen LogP contribution is 2.21. The molecule has 74 heavy (non-hydrogen) atoms. The monoisotopic (exact) mass is 1050 g/mol. The Labute approximate surface area is 454 Å². The van der Waals surface area contributed by atoms with Gasteiger partial charge in [-0.3, -0.25) is 19.2 Å². The number of hydrogen-bond acceptors (Lipinski definition) is 12. The third-order valence-electron chi connectivity index (χ3n) is 14.3. The Balaban J connectivity index is 4.86. The zero-order valence-electron chi connectivity index (χ0n) is 49.1. The zero-order valence-corrected chi connectivity index (χ0v) is 49.1. The molecule has 0 unspecified atom stereocenters. The zero-order chi connectivity index (χ0) is 54.4. The van der Waals surface area contributed by atoms with Gasteiger partial charge in [-0.05, 0) is 96.6 Å². The highest BCUT2D eigenvalue weighted by atomic mass is 16.7. The summed E-state index contributed by atoms with van der Waals surface area (Å²) in [5, 5.41) is 0. The number of unbranched alkanes of at least 4 members (excludes halogenated alkanes) is 26. The number of rotatable bonds is 56. The molecule has 0 aliphatic rings. The van der Waals surface area contributed by atoms with Crippen LogP contribution in [0.15, 0.2) is 0 Å². The van der Waals surface area contributed by atoms with Gasteiger partial charge in [-0.1, -0.05) is 196 Å². The third-order valence-corrected chi connectivity index (χ3v) is 14.3. The average molecular weight is 1050 g/mol. The molecule has 0 aromatic heterocycles. The Kier molecular flexibility index (Phi) is 52.7. The highest BCUT2D eigenvalue weighted by Gasteiger charge is 2.20. The standard InChI is InChI=1S/C62H117NO11/c1-7-13-17-21-25-33-42-56(43-34-26-22-18-14-8-2)73-60(66)48-39-31-29-37-46-58(64)70-52-55(54-72-62(68)69-51-41-50-63(11-5)12-6)53-71-59(65)47-38-30-32-40-49-61(67)74-57(44-35-27-23-19-15-9-3)45-36-28-24-20-16-10-4/h55-57H,7-54H2,1-6H3. The molecular weight excluding hydrogens is 935 g/mol. The van der Waals surface area contributed by atoms with Crippen molar-refractivity contribution in [1.82, 2.24) is 4.90 Å². The summed E-state index contributed by atoms with van der Waals surface area (Å²) in [5.41, 5.74) is 0. The Morgan fingerprint density at radius 1 is 0.324 bits per heavy atom. The maximum absolute atomic E-state index is 12.8. The summed E-state index contributed by atoms with van der Waals surface area (Å²) in [7, 11) is 0. The molecule has 0 saturated heterocycles. The lowest BCUT2D eigenvalue weighted by Crippen LogP contribution is -2.27. The van der Waals surface area contributed by atoms with E-state index in [1.807, 2.05) is 0 Å². The maximum atomic E-state index is 12.8. The third kappa shape index (κ3) is 48.7. The molecule has 0 radical (unpaired) electrons. The molecule has 0 rings (SSSR count). The number of ether oxygens (including phenoxy) is 6. The van der Waals surface area contributed by atoms with E-state index in [0.717, 1.165) is 110 Å². The second kappa shape index (κ2) is 54.9. The molecule has 0 aliphatic carbocycles. The lowest BCUT2D eigenvalue weighted by atomic mass is 10.0. The van der Waals surface area contributed by atoms with E-state index >= 15 is 0 Å². The van der Waals surface area contributed by atoms with Gasteiger partial charge in [0.15, 0.2) is 0 Å². The summed E-state index contributed by atoms with van der Waals surface area (Å²) >= 11 is 0. The molecule has 0 spiro atoms. The molecule has 12 heteroatoms. The first-order chi connectivity index (χ1) is 36.1. The van der Waals surface area contributed by atoms with Gasteiger partial charge in [-0.25, -0.2) is 4.79 Å². The molecule has 12 nitrogen and oxygen atoms in total. The van der Waals surface area contributed by atoms with Crippen LogP contribution in [0.4, 0.5) is 4.79 Å². The van der Waals surface area contributed by atoms with Gasteiger partial charge in [0.25, 0.3) is 0 Å². The van der Waals surface area contributed by atoms with Crippen LogP contribution in [-0.2, 0) is 47.6 Å². The first-order valence-electron chi connectivity index (χ1n) is 31.3. The van der Waals surface area contributed by atoms with E-state index in [1.165, 1.54) is 128 Å². The fourth-order valence-corrected chi connectivity index (χ4v) is 9.33. The molecule has 0 heterocycles. The second-order valence-electron chi connectivity index (χ2n) is 21.3. The minimum absolute atomic E-state index is 0.0118. The lowest BCUT2D eigenvalue weighted by molar-refractivity contribution is -0.151. The van der Waals surface area contributed by atoms with E-state index in [-0.39, 0.29) is 75.4 Å². The van der Waals surface area contributed by atoms with Gasteiger partial charge < -0.3 is 33.3 Å². The fourth-order valence-electron chi connectivity index (χ4n) is 9.33. The largest absolute Gasteiger partial charge is 0.508 e. The quantitative estimate of drug-likeness (QED) is 0.0325. The molecule has 0 atom stereocenters. The maximum Gasteiger partial charge on any atom is 0.508 e. The van der Waals surface area contributed by atoms with E-state index in [0.29, 0.717) is 32.1 Å². The molecule has 0 amide bonds. The van der Waals surface area contributed by atoms with E-state index in [2.05, 4.69) is 46.4 Å². The lowest BCUT2D eigenvalue weighted by Gasteiger charge is -2.18. The summed E-state index contributed by atoms with van der Waals surface area (Å²) < 4.78 is 33.8. The Morgan fingerprint density at radius 3 is 0.959 bits per heavy atom. The predicted molar refractivity (Wildman–Crippen MR) is 302 cm³/mol. The number of nitrogens with zero attached hydrogens (tertiary/aromatic N) is 1. The summed E-state index contributed by atoms with van der Waals surface area (Å²) in [6.45, 7) is 15.7. The highest BCUT2D eigenvalue weighted by molar-refractivity contribution is 5.70. The van der Waals surface area contributed by atoms with Crippen molar-refractivity contribution in [3.05, 3.63) is 0 Å². The summed E-state index contributed by atoms with van der Waals surface area (Å²) in [6, 6.07) is 0.